The molecule has 26 heavy (non-hydrogen) atoms. The van der Waals surface area contributed by atoms with Crippen LogP contribution in [0.3, 0.4) is 0 Å². The fourth-order valence-electron chi connectivity index (χ4n) is 2.73. The summed E-state index contributed by atoms with van der Waals surface area (Å²) in [6, 6.07) is 3.58. The zero-order valence-electron chi connectivity index (χ0n) is 14.6. The van der Waals surface area contributed by atoms with Crippen LogP contribution in [-0.2, 0) is 10.0 Å². The Bertz CT molecular complexity index is 1060. The van der Waals surface area contributed by atoms with Crippen molar-refractivity contribution < 1.29 is 13.2 Å². The average molecular weight is 391 g/mol. The van der Waals surface area contributed by atoms with Crippen LogP contribution in [0.25, 0.3) is 5.69 Å². The van der Waals surface area contributed by atoms with Gasteiger partial charge in [-0.3, -0.25) is 4.79 Å². The third-order valence-corrected chi connectivity index (χ3v) is 6.75. The van der Waals surface area contributed by atoms with Crippen molar-refractivity contribution in [3.05, 3.63) is 51.0 Å². The molecule has 10 heteroatoms. The number of carbonyl (C=O) groups excluding carboxylic acids is 1. The highest BCUT2D eigenvalue weighted by molar-refractivity contribution is 7.90. The van der Waals surface area contributed by atoms with E-state index < -0.39 is 15.9 Å². The molecule has 0 aliphatic carbocycles. The molecule has 0 radical (unpaired) electrons. The number of aryl methyl sites for hydroxylation is 2. The fraction of sp³-hybridized carbons (Fsp3) is 0.250. The van der Waals surface area contributed by atoms with Gasteiger partial charge < -0.3 is 0 Å². The largest absolute Gasteiger partial charge is 0.277 e. The van der Waals surface area contributed by atoms with E-state index in [1.165, 1.54) is 11.0 Å². The lowest BCUT2D eigenvalue weighted by atomic mass is 10.0. The maximum Gasteiger partial charge on any atom is 0.277 e. The van der Waals surface area contributed by atoms with E-state index in [4.69, 9.17) is 0 Å². The van der Waals surface area contributed by atoms with E-state index in [2.05, 4.69) is 20.2 Å². The first-order chi connectivity index (χ1) is 12.2. The molecule has 0 spiro atoms. The molecule has 0 saturated heterocycles. The number of carbonyl (C=O) groups is 1. The molecule has 2 aromatic heterocycles. The molecule has 1 amide bonds. The van der Waals surface area contributed by atoms with E-state index in [0.717, 1.165) is 22.5 Å². The molecule has 1 aromatic carbocycles. The van der Waals surface area contributed by atoms with Gasteiger partial charge in [0, 0.05) is 0 Å². The molecule has 8 nitrogen and oxygen atoms in total. The van der Waals surface area contributed by atoms with Crippen LogP contribution >= 0.6 is 11.3 Å². The van der Waals surface area contributed by atoms with E-state index in [0.29, 0.717) is 16.8 Å². The molecule has 136 valence electrons. The highest BCUT2D eigenvalue weighted by Crippen LogP contribution is 2.27. The van der Waals surface area contributed by atoms with Crippen LogP contribution in [0.1, 0.15) is 31.9 Å². The van der Waals surface area contributed by atoms with Crippen LogP contribution in [-0.4, -0.2) is 34.5 Å². The van der Waals surface area contributed by atoms with E-state index in [1.54, 1.807) is 25.3 Å². The molecule has 0 saturated carbocycles. The summed E-state index contributed by atoms with van der Waals surface area (Å²) in [7, 11) is -4.03. The number of hydrogen-bond donors (Lipinski definition) is 1. The molecule has 0 aliphatic heterocycles. The topological polar surface area (TPSA) is 107 Å². The van der Waals surface area contributed by atoms with Gasteiger partial charge in [0.05, 0.1) is 10.6 Å². The van der Waals surface area contributed by atoms with Crippen LogP contribution in [0.2, 0.25) is 0 Å². The van der Waals surface area contributed by atoms with Crippen molar-refractivity contribution in [3.63, 3.8) is 0 Å². The van der Waals surface area contributed by atoms with Gasteiger partial charge in [0.25, 0.3) is 15.9 Å². The second kappa shape index (κ2) is 6.61. The smallest absolute Gasteiger partial charge is 0.267 e. The number of hydrogen-bond acceptors (Lipinski definition) is 7. The highest BCUT2D eigenvalue weighted by atomic mass is 32.2. The summed E-state index contributed by atoms with van der Waals surface area (Å²) in [5.41, 5.74) is 3.37. The molecule has 0 aliphatic rings. The highest BCUT2D eigenvalue weighted by Gasteiger charge is 2.26. The fourth-order valence-corrected chi connectivity index (χ4v) is 5.14. The van der Waals surface area contributed by atoms with Gasteiger partial charge in [-0.2, -0.15) is 4.68 Å². The quantitative estimate of drug-likeness (QED) is 0.730. The van der Waals surface area contributed by atoms with Crippen LogP contribution in [0, 0.1) is 27.7 Å². The summed E-state index contributed by atoms with van der Waals surface area (Å²) in [6.45, 7) is 7.16. The first-order valence-corrected chi connectivity index (χ1v) is 10.0. The van der Waals surface area contributed by atoms with E-state index in [-0.39, 0.29) is 9.77 Å². The zero-order valence-corrected chi connectivity index (χ0v) is 16.3. The number of nitrogens with one attached hydrogen (secondary N) is 1. The molecule has 3 rings (SSSR count). The number of rotatable bonds is 4. The first kappa shape index (κ1) is 18.2. The Morgan fingerprint density at radius 3 is 2.38 bits per heavy atom. The number of benzene rings is 1. The minimum Gasteiger partial charge on any atom is -0.267 e. The lowest BCUT2D eigenvalue weighted by Gasteiger charge is -2.16. The van der Waals surface area contributed by atoms with Gasteiger partial charge in [0.1, 0.15) is 11.2 Å². The summed E-state index contributed by atoms with van der Waals surface area (Å²) < 4.78 is 29.3. The van der Waals surface area contributed by atoms with Crippen molar-refractivity contribution in [2.45, 2.75) is 32.6 Å². The Labute approximate surface area is 154 Å². The third-order valence-electron chi connectivity index (χ3n) is 4.24. The van der Waals surface area contributed by atoms with Gasteiger partial charge >= 0.3 is 0 Å². The van der Waals surface area contributed by atoms with Gasteiger partial charge in [-0.15, -0.1) is 16.4 Å². The minimum absolute atomic E-state index is 0.142. The van der Waals surface area contributed by atoms with Crippen LogP contribution in [0.5, 0.6) is 0 Å². The SMILES string of the molecule is Cc1cc(C)c(C)c(S(=O)(=O)NC(=O)c2sccc2-n2cnnn2)c1C. The van der Waals surface area contributed by atoms with Gasteiger partial charge in [-0.25, -0.2) is 13.1 Å². The van der Waals surface area contributed by atoms with Crippen molar-refractivity contribution in [2.24, 2.45) is 0 Å². The Kier molecular flexibility index (Phi) is 4.63. The molecular weight excluding hydrogens is 374 g/mol. The van der Waals surface area contributed by atoms with Crippen LogP contribution in [0.4, 0.5) is 0 Å². The lowest BCUT2D eigenvalue weighted by Crippen LogP contribution is -2.32. The molecule has 0 fully saturated rings. The Balaban J connectivity index is 2.00. The predicted octanol–water partition coefficient (Wildman–Crippen LogP) is 2.08. The summed E-state index contributed by atoms with van der Waals surface area (Å²) >= 11 is 1.11. The average Bonchev–Trinajstić information content (AvgIpc) is 3.23. The van der Waals surface area contributed by atoms with Crippen LogP contribution in [0.15, 0.2) is 28.7 Å². The summed E-state index contributed by atoms with van der Waals surface area (Å²) in [4.78, 5) is 13.0. The van der Waals surface area contributed by atoms with Gasteiger partial charge in [-0.1, -0.05) is 6.07 Å². The molecule has 2 heterocycles. The minimum atomic E-state index is -4.03. The summed E-state index contributed by atoms with van der Waals surface area (Å²) in [5.74, 6) is -0.719. The predicted molar refractivity (Wildman–Crippen MR) is 97.1 cm³/mol. The van der Waals surface area contributed by atoms with Crippen molar-refractivity contribution in [3.8, 4) is 5.69 Å². The summed E-state index contributed by atoms with van der Waals surface area (Å²) in [6.07, 6.45) is 1.34. The number of amides is 1. The first-order valence-electron chi connectivity index (χ1n) is 7.67. The Morgan fingerprint density at radius 1 is 1.15 bits per heavy atom. The van der Waals surface area contributed by atoms with E-state index in [1.807, 2.05) is 19.9 Å². The van der Waals surface area contributed by atoms with Crippen LogP contribution < -0.4 is 4.72 Å². The Hall–Kier alpha value is -2.59. The number of tetrazole rings is 1. The van der Waals surface area contributed by atoms with Crippen molar-refractivity contribution >= 4 is 27.3 Å². The van der Waals surface area contributed by atoms with E-state index in [9.17, 15) is 13.2 Å². The maximum atomic E-state index is 12.9. The zero-order chi connectivity index (χ0) is 19.1. The second-order valence-corrected chi connectivity index (χ2v) is 8.45. The van der Waals surface area contributed by atoms with Gasteiger partial charge in [0.2, 0.25) is 0 Å². The molecule has 1 N–H and O–H groups in total. The van der Waals surface area contributed by atoms with Gasteiger partial charge in [0.15, 0.2) is 0 Å². The third kappa shape index (κ3) is 3.13. The standard InChI is InChI=1S/C16H17N5O3S2/c1-9-7-10(2)12(4)15(11(9)3)26(23,24)18-16(22)14-13(5-6-25-14)21-8-17-19-20-21/h5-8H,1-4H3,(H,18,22). The number of sulfonamides is 1. The molecule has 0 bridgehead atoms. The second-order valence-electron chi connectivity index (χ2n) is 5.91. The normalized spacial score (nSPS) is 11.5. The van der Waals surface area contributed by atoms with Crippen molar-refractivity contribution in [1.29, 1.82) is 0 Å². The molecular formula is C16H17N5O3S2. The molecule has 3 aromatic rings. The van der Waals surface area contributed by atoms with Crippen molar-refractivity contribution in [1.82, 2.24) is 24.9 Å². The number of nitrogens with zero attached hydrogens (tertiary/aromatic N) is 4. The maximum absolute atomic E-state index is 12.9. The Morgan fingerprint density at radius 2 is 1.81 bits per heavy atom. The lowest BCUT2D eigenvalue weighted by molar-refractivity contribution is 0.0985. The van der Waals surface area contributed by atoms with Crippen molar-refractivity contribution in [2.75, 3.05) is 0 Å². The molecule has 0 atom stereocenters. The number of thiophene rings is 1. The monoisotopic (exact) mass is 391 g/mol. The van der Waals surface area contributed by atoms with E-state index >= 15 is 0 Å². The summed E-state index contributed by atoms with van der Waals surface area (Å²) in [5, 5.41) is 12.5. The van der Waals surface area contributed by atoms with Gasteiger partial charge in [-0.05, 0) is 71.8 Å². The number of aromatic nitrogens is 4. The molecule has 0 unspecified atom stereocenters.